The van der Waals surface area contributed by atoms with Crippen molar-refractivity contribution in [1.82, 2.24) is 15.4 Å². The summed E-state index contributed by atoms with van der Waals surface area (Å²) in [5.41, 5.74) is 0.695. The third-order valence-corrected chi connectivity index (χ3v) is 4.26. The Hall–Kier alpha value is -2.41. The van der Waals surface area contributed by atoms with Gasteiger partial charge in [0.2, 0.25) is 5.76 Å². The molecule has 0 radical (unpaired) electrons. The number of hydrogen-bond acceptors (Lipinski definition) is 5. The summed E-state index contributed by atoms with van der Waals surface area (Å²) < 4.78 is 23.4. The zero-order valence-corrected chi connectivity index (χ0v) is 14.2. The van der Waals surface area contributed by atoms with Crippen LogP contribution in [-0.4, -0.2) is 48.2 Å². The SMILES string of the molecule is Cc1cc(C(=O)NC2CCN(CCOc3ccc(F)cc3)CC2)on1. The van der Waals surface area contributed by atoms with E-state index in [9.17, 15) is 9.18 Å². The van der Waals surface area contributed by atoms with Gasteiger partial charge in [-0.1, -0.05) is 5.16 Å². The highest BCUT2D eigenvalue weighted by atomic mass is 19.1. The molecule has 1 saturated heterocycles. The molecule has 2 heterocycles. The third-order valence-electron chi connectivity index (χ3n) is 4.26. The van der Waals surface area contributed by atoms with Gasteiger partial charge < -0.3 is 14.6 Å². The minimum atomic E-state index is -0.267. The van der Waals surface area contributed by atoms with Gasteiger partial charge in [0.25, 0.3) is 5.91 Å². The second-order valence-electron chi connectivity index (χ2n) is 6.22. The number of carbonyl (C=O) groups is 1. The van der Waals surface area contributed by atoms with Crippen LogP contribution in [0.2, 0.25) is 0 Å². The average molecular weight is 347 g/mol. The number of halogens is 1. The van der Waals surface area contributed by atoms with E-state index < -0.39 is 0 Å². The number of amides is 1. The first-order valence-corrected chi connectivity index (χ1v) is 8.45. The second-order valence-corrected chi connectivity index (χ2v) is 6.22. The largest absolute Gasteiger partial charge is 0.492 e. The van der Waals surface area contributed by atoms with E-state index in [-0.39, 0.29) is 23.5 Å². The molecule has 1 aliphatic heterocycles. The molecule has 1 aromatic carbocycles. The number of hydrogen-bond donors (Lipinski definition) is 1. The highest BCUT2D eigenvalue weighted by Crippen LogP contribution is 2.13. The van der Waals surface area contributed by atoms with Crippen LogP contribution in [0.4, 0.5) is 4.39 Å². The molecule has 0 bridgehead atoms. The first-order chi connectivity index (χ1) is 12.1. The molecule has 0 unspecified atom stereocenters. The minimum absolute atomic E-state index is 0.146. The second kappa shape index (κ2) is 8.11. The van der Waals surface area contributed by atoms with Crippen molar-refractivity contribution in [2.45, 2.75) is 25.8 Å². The number of rotatable bonds is 6. The Morgan fingerprint density at radius 2 is 2.08 bits per heavy atom. The van der Waals surface area contributed by atoms with E-state index in [1.807, 2.05) is 0 Å². The van der Waals surface area contributed by atoms with Gasteiger partial charge in [-0.05, 0) is 44.0 Å². The summed E-state index contributed by atoms with van der Waals surface area (Å²) in [6.07, 6.45) is 1.77. The quantitative estimate of drug-likeness (QED) is 0.869. The van der Waals surface area contributed by atoms with Crippen LogP contribution >= 0.6 is 0 Å². The fourth-order valence-corrected chi connectivity index (χ4v) is 2.85. The summed E-state index contributed by atoms with van der Waals surface area (Å²) >= 11 is 0. The molecule has 0 aliphatic carbocycles. The molecule has 134 valence electrons. The van der Waals surface area contributed by atoms with E-state index in [1.165, 1.54) is 12.1 Å². The van der Waals surface area contributed by atoms with Crippen molar-refractivity contribution in [3.63, 3.8) is 0 Å². The summed E-state index contributed by atoms with van der Waals surface area (Å²) in [5, 5.41) is 6.72. The van der Waals surface area contributed by atoms with Gasteiger partial charge in [-0.25, -0.2) is 4.39 Å². The number of piperidine rings is 1. The van der Waals surface area contributed by atoms with Crippen LogP contribution in [-0.2, 0) is 0 Å². The van der Waals surface area contributed by atoms with Gasteiger partial charge in [-0.3, -0.25) is 9.69 Å². The molecule has 1 amide bonds. The molecule has 0 saturated carbocycles. The molecule has 1 aromatic heterocycles. The number of nitrogens with one attached hydrogen (secondary N) is 1. The number of aromatic nitrogens is 1. The molecular weight excluding hydrogens is 325 g/mol. The summed E-state index contributed by atoms with van der Waals surface area (Å²) in [6.45, 7) is 4.94. The zero-order chi connectivity index (χ0) is 17.6. The number of ether oxygens (including phenoxy) is 1. The molecule has 2 aromatic rings. The Bertz CT molecular complexity index is 694. The third kappa shape index (κ3) is 5.03. The fourth-order valence-electron chi connectivity index (χ4n) is 2.85. The van der Waals surface area contributed by atoms with Gasteiger partial charge in [0.1, 0.15) is 18.2 Å². The van der Waals surface area contributed by atoms with Crippen molar-refractivity contribution in [3.05, 3.63) is 47.6 Å². The Morgan fingerprint density at radius 3 is 2.72 bits per heavy atom. The fraction of sp³-hybridized carbons (Fsp3) is 0.444. The average Bonchev–Trinajstić information content (AvgIpc) is 3.05. The monoisotopic (exact) mass is 347 g/mol. The minimum Gasteiger partial charge on any atom is -0.492 e. The highest BCUT2D eigenvalue weighted by Gasteiger charge is 2.22. The van der Waals surface area contributed by atoms with Crippen LogP contribution in [0, 0.1) is 12.7 Å². The lowest BCUT2D eigenvalue weighted by Crippen LogP contribution is -2.45. The Balaban J connectivity index is 1.35. The molecule has 1 aliphatic rings. The molecule has 6 nitrogen and oxygen atoms in total. The molecule has 3 rings (SSSR count). The van der Waals surface area contributed by atoms with Crippen molar-refractivity contribution < 1.29 is 18.4 Å². The lowest BCUT2D eigenvalue weighted by molar-refractivity contribution is 0.0868. The van der Waals surface area contributed by atoms with Gasteiger partial charge in [-0.15, -0.1) is 0 Å². The summed E-state index contributed by atoms with van der Waals surface area (Å²) in [6, 6.07) is 7.81. The van der Waals surface area contributed by atoms with Crippen LogP contribution in [0.25, 0.3) is 0 Å². The molecule has 7 heteroatoms. The van der Waals surface area contributed by atoms with E-state index in [4.69, 9.17) is 9.26 Å². The number of nitrogens with zero attached hydrogens (tertiary/aromatic N) is 2. The Kier molecular flexibility index (Phi) is 5.65. The maximum atomic E-state index is 12.8. The topological polar surface area (TPSA) is 67.6 Å². The van der Waals surface area contributed by atoms with Crippen molar-refractivity contribution in [3.8, 4) is 5.75 Å². The normalized spacial score (nSPS) is 15.9. The van der Waals surface area contributed by atoms with Crippen molar-refractivity contribution in [1.29, 1.82) is 0 Å². The predicted molar refractivity (Wildman–Crippen MR) is 90.1 cm³/mol. The van der Waals surface area contributed by atoms with E-state index in [0.29, 0.717) is 18.1 Å². The number of aryl methyl sites for hydroxylation is 1. The zero-order valence-electron chi connectivity index (χ0n) is 14.2. The van der Waals surface area contributed by atoms with Gasteiger partial charge in [0, 0.05) is 31.7 Å². The standard InChI is InChI=1S/C18H22FN3O3/c1-13-12-17(25-21-13)18(23)20-15-6-8-22(9-7-15)10-11-24-16-4-2-14(19)3-5-16/h2-5,12,15H,6-11H2,1H3,(H,20,23). The van der Waals surface area contributed by atoms with E-state index >= 15 is 0 Å². The van der Waals surface area contributed by atoms with Crippen molar-refractivity contribution in [2.24, 2.45) is 0 Å². The Morgan fingerprint density at radius 1 is 1.36 bits per heavy atom. The molecular formula is C18H22FN3O3. The summed E-state index contributed by atoms with van der Waals surface area (Å²) in [4.78, 5) is 14.4. The van der Waals surface area contributed by atoms with Crippen LogP contribution in [0.3, 0.4) is 0 Å². The van der Waals surface area contributed by atoms with Gasteiger partial charge in [0.05, 0.1) is 5.69 Å². The van der Waals surface area contributed by atoms with Crippen molar-refractivity contribution in [2.75, 3.05) is 26.2 Å². The molecule has 25 heavy (non-hydrogen) atoms. The Labute approximate surface area is 145 Å². The van der Waals surface area contributed by atoms with Gasteiger partial charge >= 0.3 is 0 Å². The predicted octanol–water partition coefficient (Wildman–Crippen LogP) is 2.40. The maximum absolute atomic E-state index is 12.8. The highest BCUT2D eigenvalue weighted by molar-refractivity contribution is 5.91. The lowest BCUT2D eigenvalue weighted by Gasteiger charge is -2.32. The van der Waals surface area contributed by atoms with Crippen LogP contribution in [0.15, 0.2) is 34.9 Å². The van der Waals surface area contributed by atoms with Crippen LogP contribution in [0.5, 0.6) is 5.75 Å². The van der Waals surface area contributed by atoms with Gasteiger partial charge in [0.15, 0.2) is 0 Å². The van der Waals surface area contributed by atoms with Crippen molar-refractivity contribution >= 4 is 5.91 Å². The van der Waals surface area contributed by atoms with Crippen LogP contribution in [0.1, 0.15) is 29.1 Å². The van der Waals surface area contributed by atoms with E-state index in [2.05, 4.69) is 15.4 Å². The maximum Gasteiger partial charge on any atom is 0.290 e. The van der Waals surface area contributed by atoms with E-state index in [1.54, 1.807) is 25.1 Å². The molecule has 0 spiro atoms. The summed E-state index contributed by atoms with van der Waals surface area (Å²) in [5.74, 6) is 0.453. The smallest absolute Gasteiger partial charge is 0.290 e. The first-order valence-electron chi connectivity index (χ1n) is 8.45. The molecule has 1 fully saturated rings. The number of likely N-dealkylation sites (tertiary alicyclic amines) is 1. The molecule has 0 atom stereocenters. The number of carbonyl (C=O) groups excluding carboxylic acids is 1. The van der Waals surface area contributed by atoms with Gasteiger partial charge in [-0.2, -0.15) is 0 Å². The first kappa shape index (κ1) is 17.4. The van der Waals surface area contributed by atoms with Crippen LogP contribution < -0.4 is 10.1 Å². The summed E-state index contributed by atoms with van der Waals surface area (Å²) in [7, 11) is 0. The molecule has 1 N–H and O–H groups in total. The lowest BCUT2D eigenvalue weighted by atomic mass is 10.0. The van der Waals surface area contributed by atoms with E-state index in [0.717, 1.165) is 32.5 Å². The number of benzene rings is 1.